The van der Waals surface area contributed by atoms with E-state index in [4.69, 9.17) is 4.74 Å². The van der Waals surface area contributed by atoms with Gasteiger partial charge >= 0.3 is 0 Å². The first-order valence-electron chi connectivity index (χ1n) is 7.67. The Hall–Kier alpha value is -1.55. The zero-order chi connectivity index (χ0) is 15.4. The highest BCUT2D eigenvalue weighted by Crippen LogP contribution is 2.18. The van der Waals surface area contributed by atoms with Crippen molar-refractivity contribution in [1.29, 1.82) is 0 Å². The Labute approximate surface area is 127 Å². The van der Waals surface area contributed by atoms with Crippen molar-refractivity contribution in [3.8, 4) is 5.75 Å². The van der Waals surface area contributed by atoms with Crippen LogP contribution in [0.15, 0.2) is 24.3 Å². The highest BCUT2D eigenvalue weighted by Gasteiger charge is 2.28. The maximum Gasteiger partial charge on any atom is 0.225 e. The average Bonchev–Trinajstić information content (AvgIpc) is 2.47. The smallest absolute Gasteiger partial charge is 0.225 e. The van der Waals surface area contributed by atoms with Gasteiger partial charge in [0, 0.05) is 38.1 Å². The van der Waals surface area contributed by atoms with Gasteiger partial charge in [-0.2, -0.15) is 0 Å². The number of piperazine rings is 1. The van der Waals surface area contributed by atoms with E-state index in [0.717, 1.165) is 31.9 Å². The summed E-state index contributed by atoms with van der Waals surface area (Å²) in [7, 11) is 1.69. The molecule has 1 heterocycles. The third-order valence-corrected chi connectivity index (χ3v) is 4.03. The van der Waals surface area contributed by atoms with Crippen LogP contribution in [0, 0.1) is 5.92 Å². The number of ether oxygens (including phenoxy) is 1. The van der Waals surface area contributed by atoms with Crippen molar-refractivity contribution in [3.05, 3.63) is 29.8 Å². The second-order valence-corrected chi connectivity index (χ2v) is 6.12. The molecule has 0 aliphatic carbocycles. The van der Waals surface area contributed by atoms with Crippen molar-refractivity contribution >= 4 is 5.91 Å². The maximum absolute atomic E-state index is 12.1. The van der Waals surface area contributed by atoms with E-state index in [1.807, 2.05) is 30.9 Å². The molecule has 4 heteroatoms. The number of methoxy groups -OCH3 is 1. The van der Waals surface area contributed by atoms with E-state index in [0.29, 0.717) is 0 Å². The second kappa shape index (κ2) is 6.94. The Morgan fingerprint density at radius 3 is 2.76 bits per heavy atom. The van der Waals surface area contributed by atoms with E-state index in [-0.39, 0.29) is 17.9 Å². The van der Waals surface area contributed by atoms with Gasteiger partial charge in [-0.25, -0.2) is 0 Å². The Morgan fingerprint density at radius 1 is 1.38 bits per heavy atom. The summed E-state index contributed by atoms with van der Waals surface area (Å²) in [5.41, 5.74) is 1.25. The molecular formula is C17H26N2O2. The number of carbonyl (C=O) groups is 1. The van der Waals surface area contributed by atoms with Crippen LogP contribution in [0.4, 0.5) is 0 Å². The van der Waals surface area contributed by atoms with Gasteiger partial charge in [-0.05, 0) is 24.6 Å². The molecule has 1 aromatic carbocycles. The third-order valence-electron chi connectivity index (χ3n) is 4.03. The van der Waals surface area contributed by atoms with Gasteiger partial charge in [0.2, 0.25) is 5.91 Å². The van der Waals surface area contributed by atoms with Gasteiger partial charge in [0.05, 0.1) is 7.11 Å². The summed E-state index contributed by atoms with van der Waals surface area (Å²) in [6, 6.07) is 8.47. The van der Waals surface area contributed by atoms with Crippen molar-refractivity contribution in [3.63, 3.8) is 0 Å². The molecule has 4 nitrogen and oxygen atoms in total. The monoisotopic (exact) mass is 290 g/mol. The van der Waals surface area contributed by atoms with Crippen LogP contribution < -0.4 is 4.74 Å². The molecule has 0 N–H and O–H groups in total. The van der Waals surface area contributed by atoms with E-state index >= 15 is 0 Å². The minimum atomic E-state index is 0.0809. The van der Waals surface area contributed by atoms with Crippen LogP contribution in [-0.4, -0.2) is 48.5 Å². The zero-order valence-electron chi connectivity index (χ0n) is 13.5. The molecule has 1 aliphatic rings. The summed E-state index contributed by atoms with van der Waals surface area (Å²) in [6.07, 6.45) is 0. The number of benzene rings is 1. The summed E-state index contributed by atoms with van der Waals surface area (Å²) < 4.78 is 5.27. The Morgan fingerprint density at radius 2 is 2.14 bits per heavy atom. The van der Waals surface area contributed by atoms with Crippen LogP contribution in [-0.2, 0) is 11.3 Å². The summed E-state index contributed by atoms with van der Waals surface area (Å²) in [6.45, 7) is 9.66. The molecule has 0 saturated carbocycles. The second-order valence-electron chi connectivity index (χ2n) is 6.12. The SMILES string of the molecule is COc1cccc(CN2CCN(C(=O)C(C)C)[C@@H](C)C2)c1. The van der Waals surface area contributed by atoms with Gasteiger partial charge in [-0.15, -0.1) is 0 Å². The van der Waals surface area contributed by atoms with Crippen molar-refractivity contribution in [2.75, 3.05) is 26.7 Å². The largest absolute Gasteiger partial charge is 0.497 e. The number of nitrogens with zero attached hydrogens (tertiary/aromatic N) is 2. The number of rotatable bonds is 4. The van der Waals surface area contributed by atoms with Crippen molar-refractivity contribution in [1.82, 2.24) is 9.80 Å². The number of hydrogen-bond donors (Lipinski definition) is 0. The third kappa shape index (κ3) is 3.97. The van der Waals surface area contributed by atoms with Gasteiger partial charge in [0.15, 0.2) is 0 Å². The minimum absolute atomic E-state index is 0.0809. The topological polar surface area (TPSA) is 32.8 Å². The Bertz CT molecular complexity index is 487. The Balaban J connectivity index is 1.94. The minimum Gasteiger partial charge on any atom is -0.497 e. The van der Waals surface area contributed by atoms with Crippen molar-refractivity contribution in [2.24, 2.45) is 5.92 Å². The molecule has 2 rings (SSSR count). The van der Waals surface area contributed by atoms with Crippen LogP contribution in [0.2, 0.25) is 0 Å². The summed E-state index contributed by atoms with van der Waals surface area (Å²) in [4.78, 5) is 16.6. The molecule has 1 fully saturated rings. The molecule has 0 aromatic heterocycles. The molecule has 0 radical (unpaired) electrons. The molecule has 0 bridgehead atoms. The fraction of sp³-hybridized carbons (Fsp3) is 0.588. The zero-order valence-corrected chi connectivity index (χ0v) is 13.5. The predicted octanol–water partition coefficient (Wildman–Crippen LogP) is 2.38. The van der Waals surface area contributed by atoms with Crippen LogP contribution in [0.3, 0.4) is 0 Å². The van der Waals surface area contributed by atoms with E-state index in [1.54, 1.807) is 7.11 Å². The molecule has 1 atom stereocenters. The van der Waals surface area contributed by atoms with Crippen molar-refractivity contribution in [2.45, 2.75) is 33.4 Å². The van der Waals surface area contributed by atoms with E-state index < -0.39 is 0 Å². The molecule has 1 saturated heterocycles. The first kappa shape index (κ1) is 15.8. The molecule has 116 valence electrons. The maximum atomic E-state index is 12.1. The first-order chi connectivity index (χ1) is 10.0. The van der Waals surface area contributed by atoms with Gasteiger partial charge < -0.3 is 9.64 Å². The van der Waals surface area contributed by atoms with E-state index in [2.05, 4.69) is 24.0 Å². The molecule has 1 amide bonds. The van der Waals surface area contributed by atoms with Crippen LogP contribution in [0.1, 0.15) is 26.3 Å². The molecule has 1 aliphatic heterocycles. The molecule has 21 heavy (non-hydrogen) atoms. The quantitative estimate of drug-likeness (QED) is 0.853. The average molecular weight is 290 g/mol. The highest BCUT2D eigenvalue weighted by atomic mass is 16.5. The molecule has 0 spiro atoms. The molecular weight excluding hydrogens is 264 g/mol. The van der Waals surface area contributed by atoms with Crippen LogP contribution >= 0.6 is 0 Å². The lowest BCUT2D eigenvalue weighted by atomic mass is 10.1. The van der Waals surface area contributed by atoms with Gasteiger partial charge in [-0.1, -0.05) is 26.0 Å². The molecule has 1 aromatic rings. The van der Waals surface area contributed by atoms with E-state index in [9.17, 15) is 4.79 Å². The van der Waals surface area contributed by atoms with Gasteiger partial charge in [-0.3, -0.25) is 9.69 Å². The fourth-order valence-corrected chi connectivity index (χ4v) is 2.86. The van der Waals surface area contributed by atoms with E-state index in [1.165, 1.54) is 5.56 Å². The van der Waals surface area contributed by atoms with Gasteiger partial charge in [0.1, 0.15) is 5.75 Å². The lowest BCUT2D eigenvalue weighted by Crippen LogP contribution is -2.54. The summed E-state index contributed by atoms with van der Waals surface area (Å²) >= 11 is 0. The normalized spacial score (nSPS) is 19.9. The highest BCUT2D eigenvalue weighted by molar-refractivity contribution is 5.78. The fourth-order valence-electron chi connectivity index (χ4n) is 2.86. The van der Waals surface area contributed by atoms with Gasteiger partial charge in [0.25, 0.3) is 0 Å². The number of amides is 1. The lowest BCUT2D eigenvalue weighted by Gasteiger charge is -2.40. The Kier molecular flexibility index (Phi) is 5.23. The standard InChI is InChI=1S/C17H26N2O2/c1-13(2)17(20)19-9-8-18(11-14(19)3)12-15-6-5-7-16(10-15)21-4/h5-7,10,13-14H,8-9,11-12H2,1-4H3/t14-/m0/s1. The van der Waals surface area contributed by atoms with Crippen LogP contribution in [0.25, 0.3) is 0 Å². The van der Waals surface area contributed by atoms with Crippen molar-refractivity contribution < 1.29 is 9.53 Å². The summed E-state index contributed by atoms with van der Waals surface area (Å²) in [5.74, 6) is 1.25. The lowest BCUT2D eigenvalue weighted by molar-refractivity contribution is -0.139. The summed E-state index contributed by atoms with van der Waals surface area (Å²) in [5, 5.41) is 0. The first-order valence-corrected chi connectivity index (χ1v) is 7.67. The predicted molar refractivity (Wildman–Crippen MR) is 84.3 cm³/mol. The number of carbonyl (C=O) groups excluding carboxylic acids is 1. The number of hydrogen-bond acceptors (Lipinski definition) is 3. The molecule has 0 unspecified atom stereocenters. The van der Waals surface area contributed by atoms with Crippen LogP contribution in [0.5, 0.6) is 5.75 Å².